The van der Waals surface area contributed by atoms with Crippen LogP contribution in [0.25, 0.3) is 0 Å². The summed E-state index contributed by atoms with van der Waals surface area (Å²) < 4.78 is 0. The summed E-state index contributed by atoms with van der Waals surface area (Å²) in [6, 6.07) is 6.78. The summed E-state index contributed by atoms with van der Waals surface area (Å²) in [6.45, 7) is 5.64. The summed E-state index contributed by atoms with van der Waals surface area (Å²) >= 11 is 5.79. The monoisotopic (exact) mass is 351 g/mol. The van der Waals surface area contributed by atoms with E-state index in [1.165, 1.54) is 0 Å². The molecule has 1 N–H and O–H groups in total. The van der Waals surface area contributed by atoms with E-state index in [-0.39, 0.29) is 36.2 Å². The molecule has 1 rings (SSSR count). The molecule has 1 atom stereocenters. The quantitative estimate of drug-likeness (QED) is 0.623. The van der Waals surface area contributed by atoms with Crippen molar-refractivity contribution in [1.82, 2.24) is 0 Å². The Hall–Kier alpha value is -1.68. The van der Waals surface area contributed by atoms with E-state index in [0.717, 1.165) is 12.8 Å². The molecule has 0 heterocycles. The van der Waals surface area contributed by atoms with Crippen molar-refractivity contribution in [1.29, 1.82) is 0 Å². The van der Waals surface area contributed by atoms with E-state index < -0.39 is 5.92 Å². The topological polar surface area (TPSA) is 63.2 Å². The maximum absolute atomic E-state index is 12.4. The second-order valence-electron chi connectivity index (χ2n) is 6.27. The number of amides is 1. The molecule has 0 unspecified atom stereocenters. The van der Waals surface area contributed by atoms with Gasteiger partial charge in [-0.1, -0.05) is 45.2 Å². The van der Waals surface area contributed by atoms with Gasteiger partial charge in [0.1, 0.15) is 11.6 Å². The molecule has 4 nitrogen and oxygen atoms in total. The van der Waals surface area contributed by atoms with Crippen LogP contribution in [0.5, 0.6) is 0 Å². The van der Waals surface area contributed by atoms with Crippen LogP contribution in [0.3, 0.4) is 0 Å². The summed E-state index contributed by atoms with van der Waals surface area (Å²) in [4.78, 5) is 36.6. The Morgan fingerprint density at radius 3 is 2.25 bits per heavy atom. The molecule has 1 aromatic carbocycles. The molecule has 132 valence electrons. The second-order valence-corrected chi connectivity index (χ2v) is 6.71. The number of anilines is 1. The zero-order valence-electron chi connectivity index (χ0n) is 14.6. The van der Waals surface area contributed by atoms with Crippen LogP contribution >= 0.6 is 11.6 Å². The van der Waals surface area contributed by atoms with Crippen LogP contribution < -0.4 is 5.32 Å². The average Bonchev–Trinajstić information content (AvgIpc) is 2.55. The van der Waals surface area contributed by atoms with Crippen molar-refractivity contribution in [2.45, 2.75) is 52.9 Å². The molecule has 24 heavy (non-hydrogen) atoms. The van der Waals surface area contributed by atoms with Gasteiger partial charge in [-0.05, 0) is 30.7 Å². The SMILES string of the molecule is CCCC[C@H](C(=O)CCC(=O)Nc1ccc(Cl)cc1)C(=O)C(C)C. The highest BCUT2D eigenvalue weighted by atomic mass is 35.5. The fourth-order valence-electron chi connectivity index (χ4n) is 2.44. The molecule has 5 heteroatoms. The Morgan fingerprint density at radius 2 is 1.71 bits per heavy atom. The van der Waals surface area contributed by atoms with Crippen molar-refractivity contribution >= 4 is 34.8 Å². The third kappa shape index (κ3) is 6.83. The lowest BCUT2D eigenvalue weighted by molar-refractivity contribution is -0.135. The van der Waals surface area contributed by atoms with Gasteiger partial charge in [-0.2, -0.15) is 0 Å². The minimum atomic E-state index is -0.576. The number of hydrogen-bond donors (Lipinski definition) is 1. The molecule has 0 saturated carbocycles. The lowest BCUT2D eigenvalue weighted by Gasteiger charge is -2.16. The average molecular weight is 352 g/mol. The summed E-state index contributed by atoms with van der Waals surface area (Å²) in [5.41, 5.74) is 0.637. The highest BCUT2D eigenvalue weighted by Gasteiger charge is 2.27. The van der Waals surface area contributed by atoms with Gasteiger partial charge in [-0.3, -0.25) is 14.4 Å². The molecule has 0 spiro atoms. The van der Waals surface area contributed by atoms with Gasteiger partial charge in [0.25, 0.3) is 0 Å². The van der Waals surface area contributed by atoms with E-state index in [1.54, 1.807) is 24.3 Å². The Bertz CT molecular complexity index is 566. The zero-order valence-corrected chi connectivity index (χ0v) is 15.4. The number of nitrogens with one attached hydrogen (secondary N) is 1. The number of hydrogen-bond acceptors (Lipinski definition) is 3. The van der Waals surface area contributed by atoms with Crippen molar-refractivity contribution in [3.63, 3.8) is 0 Å². The first kappa shape index (κ1) is 20.4. The number of halogens is 1. The summed E-state index contributed by atoms with van der Waals surface area (Å²) in [5, 5.41) is 3.32. The maximum atomic E-state index is 12.4. The molecular weight excluding hydrogens is 326 g/mol. The first-order chi connectivity index (χ1) is 11.3. The third-order valence-electron chi connectivity index (χ3n) is 3.87. The van der Waals surface area contributed by atoms with Gasteiger partial charge in [0.2, 0.25) is 5.91 Å². The van der Waals surface area contributed by atoms with Crippen LogP contribution in [-0.2, 0) is 14.4 Å². The minimum Gasteiger partial charge on any atom is -0.326 e. The Balaban J connectivity index is 2.55. The van der Waals surface area contributed by atoms with E-state index >= 15 is 0 Å². The number of benzene rings is 1. The molecule has 0 aromatic heterocycles. The van der Waals surface area contributed by atoms with Crippen molar-refractivity contribution in [3.8, 4) is 0 Å². The predicted octanol–water partition coefficient (Wildman–Crippen LogP) is 4.66. The van der Waals surface area contributed by atoms with E-state index in [2.05, 4.69) is 5.32 Å². The zero-order chi connectivity index (χ0) is 18.1. The van der Waals surface area contributed by atoms with Gasteiger partial charge in [0, 0.05) is 29.5 Å². The largest absolute Gasteiger partial charge is 0.326 e. The van der Waals surface area contributed by atoms with E-state index in [1.807, 2.05) is 20.8 Å². The lowest BCUT2D eigenvalue weighted by Crippen LogP contribution is -2.28. The second kappa shape index (κ2) is 10.2. The molecular formula is C19H26ClNO3. The number of Topliss-reactive ketones (excluding diaryl/α,β-unsaturated/α-hetero) is 2. The molecule has 0 bridgehead atoms. The van der Waals surface area contributed by atoms with Crippen LogP contribution in [0, 0.1) is 11.8 Å². The van der Waals surface area contributed by atoms with Crippen LogP contribution in [0.1, 0.15) is 52.9 Å². The van der Waals surface area contributed by atoms with Gasteiger partial charge >= 0.3 is 0 Å². The molecule has 1 aromatic rings. The number of ketones is 2. The van der Waals surface area contributed by atoms with Crippen molar-refractivity contribution < 1.29 is 14.4 Å². The van der Waals surface area contributed by atoms with Gasteiger partial charge in [0.05, 0.1) is 5.92 Å². The number of rotatable bonds is 10. The van der Waals surface area contributed by atoms with Gasteiger partial charge < -0.3 is 5.32 Å². The number of unbranched alkanes of at least 4 members (excludes halogenated alkanes) is 1. The van der Waals surface area contributed by atoms with E-state index in [4.69, 9.17) is 11.6 Å². The predicted molar refractivity (Wildman–Crippen MR) is 97.2 cm³/mol. The van der Waals surface area contributed by atoms with Crippen molar-refractivity contribution in [2.24, 2.45) is 11.8 Å². The molecule has 1 amide bonds. The van der Waals surface area contributed by atoms with Gasteiger partial charge in [0.15, 0.2) is 0 Å². The van der Waals surface area contributed by atoms with Gasteiger partial charge in [-0.15, -0.1) is 0 Å². The van der Waals surface area contributed by atoms with Crippen molar-refractivity contribution in [2.75, 3.05) is 5.32 Å². The summed E-state index contributed by atoms with van der Waals surface area (Å²) in [5.74, 6) is -1.14. The Kier molecular flexibility index (Phi) is 8.69. The molecule has 0 radical (unpaired) electrons. The smallest absolute Gasteiger partial charge is 0.224 e. The first-order valence-electron chi connectivity index (χ1n) is 8.47. The Labute approximate surface area is 149 Å². The van der Waals surface area contributed by atoms with E-state index in [0.29, 0.717) is 17.1 Å². The summed E-state index contributed by atoms with van der Waals surface area (Å²) in [6.07, 6.45) is 2.52. The Morgan fingerprint density at radius 1 is 1.08 bits per heavy atom. The maximum Gasteiger partial charge on any atom is 0.224 e. The van der Waals surface area contributed by atoms with Crippen LogP contribution in [0.15, 0.2) is 24.3 Å². The molecule has 0 aliphatic rings. The normalized spacial score (nSPS) is 12.0. The standard InChI is InChI=1S/C19H26ClNO3/c1-4-5-6-16(19(24)13(2)3)17(22)11-12-18(23)21-15-9-7-14(20)8-10-15/h7-10,13,16H,4-6,11-12H2,1-3H3,(H,21,23)/t16-/m1/s1. The first-order valence-corrected chi connectivity index (χ1v) is 8.84. The van der Waals surface area contributed by atoms with Crippen molar-refractivity contribution in [3.05, 3.63) is 29.3 Å². The third-order valence-corrected chi connectivity index (χ3v) is 4.13. The van der Waals surface area contributed by atoms with E-state index in [9.17, 15) is 14.4 Å². The molecule has 0 aliphatic heterocycles. The van der Waals surface area contributed by atoms with Crippen LogP contribution in [0.2, 0.25) is 5.02 Å². The minimum absolute atomic E-state index is 0.0217. The molecule has 0 saturated heterocycles. The molecule has 0 fully saturated rings. The fraction of sp³-hybridized carbons (Fsp3) is 0.526. The fourth-order valence-corrected chi connectivity index (χ4v) is 2.57. The highest BCUT2D eigenvalue weighted by molar-refractivity contribution is 6.30. The summed E-state index contributed by atoms with van der Waals surface area (Å²) in [7, 11) is 0. The van der Waals surface area contributed by atoms with Crippen LogP contribution in [-0.4, -0.2) is 17.5 Å². The number of carbonyl (C=O) groups is 3. The van der Waals surface area contributed by atoms with Gasteiger partial charge in [-0.25, -0.2) is 0 Å². The van der Waals surface area contributed by atoms with Crippen LogP contribution in [0.4, 0.5) is 5.69 Å². The lowest BCUT2D eigenvalue weighted by atomic mass is 9.86. The number of carbonyl (C=O) groups excluding carboxylic acids is 3. The highest BCUT2D eigenvalue weighted by Crippen LogP contribution is 2.19. The molecule has 0 aliphatic carbocycles.